The molecular formula is C13H23N3O4S2. The number of rotatable bonds is 7. The molecule has 0 heterocycles. The zero-order valence-corrected chi connectivity index (χ0v) is 15.0. The third-order valence-corrected chi connectivity index (χ3v) is 4.39. The van der Waals surface area contributed by atoms with Gasteiger partial charge in [0.25, 0.3) is 0 Å². The van der Waals surface area contributed by atoms with E-state index >= 15 is 0 Å². The van der Waals surface area contributed by atoms with E-state index in [1.165, 1.54) is 0 Å². The van der Waals surface area contributed by atoms with E-state index in [9.17, 15) is 16.8 Å². The lowest BCUT2D eigenvalue weighted by atomic mass is 10.1. The molecule has 0 spiro atoms. The van der Waals surface area contributed by atoms with Crippen molar-refractivity contribution >= 4 is 31.4 Å². The van der Waals surface area contributed by atoms with Crippen molar-refractivity contribution in [3.8, 4) is 0 Å². The molecule has 2 N–H and O–H groups in total. The number of hydrogen-bond donors (Lipinski definition) is 2. The van der Waals surface area contributed by atoms with Crippen molar-refractivity contribution in [1.82, 2.24) is 4.72 Å². The van der Waals surface area contributed by atoms with Gasteiger partial charge in [-0.15, -0.1) is 0 Å². The molecule has 0 aliphatic heterocycles. The Morgan fingerprint density at radius 1 is 1.14 bits per heavy atom. The summed E-state index contributed by atoms with van der Waals surface area (Å²) in [6, 6.07) is 5.24. The molecule has 0 fully saturated rings. The first-order chi connectivity index (χ1) is 9.93. The summed E-state index contributed by atoms with van der Waals surface area (Å²) in [6.07, 6.45) is 1.80. The fraction of sp³-hybridized carbons (Fsp3) is 0.538. The monoisotopic (exact) mass is 349 g/mol. The van der Waals surface area contributed by atoms with Crippen LogP contribution in [-0.2, 0) is 20.0 Å². The summed E-state index contributed by atoms with van der Waals surface area (Å²) < 4.78 is 50.3. The van der Waals surface area contributed by atoms with Crippen LogP contribution in [0.25, 0.3) is 0 Å². The van der Waals surface area contributed by atoms with E-state index in [1.807, 2.05) is 17.9 Å². The lowest BCUT2D eigenvalue weighted by molar-refractivity contribution is 0.555. The molecule has 1 aromatic carbocycles. The highest BCUT2D eigenvalue weighted by atomic mass is 32.2. The summed E-state index contributed by atoms with van der Waals surface area (Å²) in [5.74, 6) is 0. The van der Waals surface area contributed by atoms with Gasteiger partial charge >= 0.3 is 0 Å². The van der Waals surface area contributed by atoms with E-state index < -0.39 is 26.2 Å². The predicted octanol–water partition coefficient (Wildman–Crippen LogP) is 1.09. The average Bonchev–Trinajstić information content (AvgIpc) is 2.29. The highest BCUT2D eigenvalue weighted by Crippen LogP contribution is 2.24. The second kappa shape index (κ2) is 6.84. The Kier molecular flexibility index (Phi) is 5.82. The van der Waals surface area contributed by atoms with Crippen molar-refractivity contribution in [2.24, 2.45) is 0 Å². The Balaban J connectivity index is 3.07. The molecule has 7 nitrogen and oxygen atoms in total. The number of nitrogens with one attached hydrogen (secondary N) is 2. The maximum Gasteiger partial charge on any atom is 0.229 e. The minimum Gasteiger partial charge on any atom is -0.356 e. The van der Waals surface area contributed by atoms with Gasteiger partial charge in [-0.2, -0.15) is 4.72 Å². The maximum atomic E-state index is 11.4. The molecular weight excluding hydrogens is 326 g/mol. The van der Waals surface area contributed by atoms with E-state index in [0.717, 1.165) is 23.8 Å². The molecule has 0 aromatic heterocycles. The fourth-order valence-corrected chi connectivity index (χ4v) is 3.57. The van der Waals surface area contributed by atoms with Gasteiger partial charge in [0.15, 0.2) is 0 Å². The van der Waals surface area contributed by atoms with Crippen molar-refractivity contribution in [1.29, 1.82) is 0 Å². The molecule has 0 aliphatic carbocycles. The van der Waals surface area contributed by atoms with Crippen molar-refractivity contribution in [2.45, 2.75) is 26.9 Å². The molecule has 1 unspecified atom stereocenters. The van der Waals surface area contributed by atoms with Crippen LogP contribution in [0, 0.1) is 6.92 Å². The summed E-state index contributed by atoms with van der Waals surface area (Å²) in [5.41, 5.74) is 2.07. The normalized spacial score (nSPS) is 13.7. The number of benzene rings is 1. The van der Waals surface area contributed by atoms with E-state index in [2.05, 4.69) is 9.44 Å². The van der Waals surface area contributed by atoms with Gasteiger partial charge in [-0.25, -0.2) is 16.8 Å². The van der Waals surface area contributed by atoms with Crippen LogP contribution in [0.5, 0.6) is 0 Å². The summed E-state index contributed by atoms with van der Waals surface area (Å²) in [7, 11) is -6.65. The van der Waals surface area contributed by atoms with Crippen LogP contribution in [0.3, 0.4) is 0 Å². The van der Waals surface area contributed by atoms with E-state index in [-0.39, 0.29) is 0 Å². The molecule has 1 rings (SSSR count). The van der Waals surface area contributed by atoms with Crippen LogP contribution in [0.1, 0.15) is 19.4 Å². The van der Waals surface area contributed by atoms with Crippen LogP contribution in [0.4, 0.5) is 11.4 Å². The zero-order valence-electron chi connectivity index (χ0n) is 13.4. The van der Waals surface area contributed by atoms with Crippen LogP contribution >= 0.6 is 0 Å². The Morgan fingerprint density at radius 3 is 2.14 bits per heavy atom. The molecule has 9 heteroatoms. The van der Waals surface area contributed by atoms with Crippen LogP contribution in [0.2, 0.25) is 0 Å². The lowest BCUT2D eigenvalue weighted by Gasteiger charge is -2.30. The molecule has 1 atom stereocenters. The number of sulfonamides is 2. The van der Waals surface area contributed by atoms with E-state index in [0.29, 0.717) is 12.2 Å². The van der Waals surface area contributed by atoms with Crippen LogP contribution < -0.4 is 14.3 Å². The Morgan fingerprint density at radius 2 is 1.73 bits per heavy atom. The first-order valence-corrected chi connectivity index (χ1v) is 10.5. The number of anilines is 2. The molecule has 0 saturated carbocycles. The quantitative estimate of drug-likeness (QED) is 0.719. The largest absolute Gasteiger partial charge is 0.356 e. The standard InChI is InChI=1S/C13H23N3O4S2/c1-6-16(11(3)14-21(4,17)18)12-7-8-13(10(2)9-12)15-22(5,19)20/h7-9,11,14-15H,6H2,1-5H3. The van der Waals surface area contributed by atoms with Gasteiger partial charge in [0.2, 0.25) is 20.0 Å². The zero-order chi connectivity index (χ0) is 17.1. The van der Waals surface area contributed by atoms with Gasteiger partial charge in [-0.1, -0.05) is 0 Å². The molecule has 126 valence electrons. The third kappa shape index (κ3) is 5.82. The topological polar surface area (TPSA) is 95.6 Å². The second-order valence-electron chi connectivity index (χ2n) is 5.23. The van der Waals surface area contributed by atoms with Crippen molar-refractivity contribution in [2.75, 3.05) is 28.7 Å². The predicted molar refractivity (Wildman–Crippen MR) is 90.1 cm³/mol. The van der Waals surface area contributed by atoms with Gasteiger partial charge in [0, 0.05) is 12.2 Å². The minimum atomic E-state index is -3.33. The Labute approximate surface area is 132 Å². The minimum absolute atomic E-state index is 0.409. The fourth-order valence-electron chi connectivity index (χ4n) is 2.19. The SMILES string of the molecule is CCN(c1ccc(NS(C)(=O)=O)c(C)c1)C(C)NS(C)(=O)=O. The molecule has 1 aromatic rings. The summed E-state index contributed by atoms with van der Waals surface area (Å²) in [6.45, 7) is 6.06. The van der Waals surface area contributed by atoms with Gasteiger partial charge in [0.1, 0.15) is 0 Å². The Bertz CT molecular complexity index is 730. The maximum absolute atomic E-state index is 11.4. The molecule has 0 bridgehead atoms. The van der Waals surface area contributed by atoms with Crippen molar-refractivity contribution < 1.29 is 16.8 Å². The summed E-state index contributed by atoms with van der Waals surface area (Å²) in [5, 5.41) is 0. The van der Waals surface area contributed by atoms with Crippen molar-refractivity contribution in [3.63, 3.8) is 0 Å². The van der Waals surface area contributed by atoms with Gasteiger partial charge in [-0.05, 0) is 44.5 Å². The van der Waals surface area contributed by atoms with E-state index in [1.54, 1.807) is 26.0 Å². The number of hydrogen-bond acceptors (Lipinski definition) is 5. The van der Waals surface area contributed by atoms with Gasteiger partial charge in [0.05, 0.1) is 24.4 Å². The molecule has 0 amide bonds. The van der Waals surface area contributed by atoms with Crippen LogP contribution in [0.15, 0.2) is 18.2 Å². The first-order valence-electron chi connectivity index (χ1n) is 6.75. The first kappa shape index (κ1) is 18.7. The number of aryl methyl sites for hydroxylation is 1. The van der Waals surface area contributed by atoms with E-state index in [4.69, 9.17) is 0 Å². The summed E-state index contributed by atoms with van der Waals surface area (Å²) in [4.78, 5) is 1.87. The average molecular weight is 349 g/mol. The summed E-state index contributed by atoms with van der Waals surface area (Å²) >= 11 is 0. The highest BCUT2D eigenvalue weighted by molar-refractivity contribution is 7.92. The number of nitrogens with zero attached hydrogens (tertiary/aromatic N) is 1. The molecule has 0 radical (unpaired) electrons. The lowest BCUT2D eigenvalue weighted by Crippen LogP contribution is -2.46. The second-order valence-corrected chi connectivity index (χ2v) is 8.75. The molecule has 22 heavy (non-hydrogen) atoms. The highest BCUT2D eigenvalue weighted by Gasteiger charge is 2.17. The molecule has 0 aliphatic rings. The Hall–Kier alpha value is -1.32. The third-order valence-electron chi connectivity index (χ3n) is 3.03. The van der Waals surface area contributed by atoms with Crippen molar-refractivity contribution in [3.05, 3.63) is 23.8 Å². The van der Waals surface area contributed by atoms with Gasteiger partial charge < -0.3 is 4.90 Å². The smallest absolute Gasteiger partial charge is 0.229 e. The molecule has 0 saturated heterocycles. The van der Waals surface area contributed by atoms with Crippen LogP contribution in [-0.4, -0.2) is 42.1 Å². The van der Waals surface area contributed by atoms with Gasteiger partial charge in [-0.3, -0.25) is 4.72 Å².